The second kappa shape index (κ2) is 8.38. The molecule has 2 aromatic carbocycles. The molecular formula is C22H26O. The van der Waals surface area contributed by atoms with Gasteiger partial charge in [0.25, 0.3) is 0 Å². The van der Waals surface area contributed by atoms with E-state index in [2.05, 4.69) is 63.2 Å². The summed E-state index contributed by atoms with van der Waals surface area (Å²) in [6.45, 7) is 6.40. The Labute approximate surface area is 140 Å². The predicted molar refractivity (Wildman–Crippen MR) is 101 cm³/mol. The van der Waals surface area contributed by atoms with Crippen molar-refractivity contribution in [2.75, 3.05) is 0 Å². The highest BCUT2D eigenvalue weighted by Gasteiger charge is 2.04. The van der Waals surface area contributed by atoms with Gasteiger partial charge in [-0.1, -0.05) is 75.4 Å². The summed E-state index contributed by atoms with van der Waals surface area (Å²) in [6.07, 6.45) is 7.00. The van der Waals surface area contributed by atoms with Crippen LogP contribution in [0.25, 0.3) is 11.3 Å². The molecule has 0 aliphatic heterocycles. The highest BCUT2D eigenvalue weighted by molar-refractivity contribution is 5.81. The minimum Gasteiger partial charge on any atom is -0.507 e. The van der Waals surface area contributed by atoms with Gasteiger partial charge in [-0.25, -0.2) is 0 Å². The quantitative estimate of drug-likeness (QED) is 0.497. The molecule has 23 heavy (non-hydrogen) atoms. The molecule has 0 bridgehead atoms. The maximum absolute atomic E-state index is 10.5. The lowest BCUT2D eigenvalue weighted by atomic mass is 10.00. The van der Waals surface area contributed by atoms with E-state index >= 15 is 0 Å². The first-order valence-corrected chi connectivity index (χ1v) is 8.47. The maximum atomic E-state index is 10.5. The standard InChI is InChI=1S/C22H26O/c1-4-7-21(19-12-8-17(5-2)9-13-19)16-22(23)20-14-10-18(6-3)11-15-20/h7-16,23H,4-6H2,1-3H3/b21-7+,22-16-. The number of hydrogen-bond acceptors (Lipinski definition) is 1. The normalized spacial score (nSPS) is 12.5. The van der Waals surface area contributed by atoms with Crippen molar-refractivity contribution >= 4 is 11.3 Å². The number of rotatable bonds is 6. The second-order valence-electron chi connectivity index (χ2n) is 5.70. The number of aliphatic hydroxyl groups is 1. The van der Waals surface area contributed by atoms with E-state index in [1.54, 1.807) is 0 Å². The van der Waals surface area contributed by atoms with Crippen molar-refractivity contribution in [3.63, 3.8) is 0 Å². The molecule has 0 aliphatic rings. The van der Waals surface area contributed by atoms with Crippen molar-refractivity contribution in [2.24, 2.45) is 0 Å². The Bertz CT molecular complexity index is 673. The van der Waals surface area contributed by atoms with Gasteiger partial charge in [-0.3, -0.25) is 0 Å². The molecule has 0 spiro atoms. The fraction of sp³-hybridized carbons (Fsp3) is 0.273. The van der Waals surface area contributed by atoms with Gasteiger partial charge in [0.15, 0.2) is 0 Å². The minimum absolute atomic E-state index is 0.312. The second-order valence-corrected chi connectivity index (χ2v) is 5.70. The van der Waals surface area contributed by atoms with E-state index in [0.717, 1.165) is 36.0 Å². The SMILES string of the molecule is CC/C=C(\C=C(/O)c1ccc(CC)cc1)c1ccc(CC)cc1. The lowest BCUT2D eigenvalue weighted by Gasteiger charge is -2.07. The number of allylic oxidation sites excluding steroid dienone is 3. The molecule has 1 heteroatoms. The van der Waals surface area contributed by atoms with E-state index in [4.69, 9.17) is 0 Å². The van der Waals surface area contributed by atoms with Crippen LogP contribution in [-0.4, -0.2) is 5.11 Å². The molecule has 0 unspecified atom stereocenters. The van der Waals surface area contributed by atoms with Gasteiger partial charge in [-0.2, -0.15) is 0 Å². The zero-order chi connectivity index (χ0) is 16.7. The van der Waals surface area contributed by atoms with Gasteiger partial charge >= 0.3 is 0 Å². The molecule has 0 amide bonds. The Morgan fingerprint density at radius 1 is 0.783 bits per heavy atom. The number of aryl methyl sites for hydroxylation is 2. The van der Waals surface area contributed by atoms with Crippen LogP contribution < -0.4 is 0 Å². The molecule has 120 valence electrons. The minimum atomic E-state index is 0.312. The Hall–Kier alpha value is -2.28. The molecule has 2 aromatic rings. The molecule has 0 fully saturated rings. The summed E-state index contributed by atoms with van der Waals surface area (Å²) >= 11 is 0. The van der Waals surface area contributed by atoms with Crippen LogP contribution in [0.5, 0.6) is 0 Å². The molecule has 0 aromatic heterocycles. The third-order valence-electron chi connectivity index (χ3n) is 4.07. The number of benzene rings is 2. The van der Waals surface area contributed by atoms with E-state index in [9.17, 15) is 5.11 Å². The van der Waals surface area contributed by atoms with Crippen LogP contribution in [0.2, 0.25) is 0 Å². The van der Waals surface area contributed by atoms with Crippen LogP contribution in [0.3, 0.4) is 0 Å². The molecule has 0 heterocycles. The van der Waals surface area contributed by atoms with Crippen LogP contribution in [0.1, 0.15) is 49.4 Å². The summed E-state index contributed by atoms with van der Waals surface area (Å²) in [5, 5.41) is 10.5. The lowest BCUT2D eigenvalue weighted by molar-refractivity contribution is 0.512. The maximum Gasteiger partial charge on any atom is 0.123 e. The molecule has 0 aliphatic carbocycles. The zero-order valence-electron chi connectivity index (χ0n) is 14.3. The highest BCUT2D eigenvalue weighted by Crippen LogP contribution is 2.22. The largest absolute Gasteiger partial charge is 0.507 e. The number of hydrogen-bond donors (Lipinski definition) is 1. The van der Waals surface area contributed by atoms with Gasteiger partial charge in [0, 0.05) is 5.56 Å². The highest BCUT2D eigenvalue weighted by atomic mass is 16.3. The van der Waals surface area contributed by atoms with Crippen LogP contribution in [0, 0.1) is 0 Å². The Kier molecular flexibility index (Phi) is 6.22. The van der Waals surface area contributed by atoms with E-state index in [-0.39, 0.29) is 0 Å². The zero-order valence-corrected chi connectivity index (χ0v) is 14.3. The summed E-state index contributed by atoms with van der Waals surface area (Å²) in [5.41, 5.74) is 5.66. The summed E-state index contributed by atoms with van der Waals surface area (Å²) in [4.78, 5) is 0. The van der Waals surface area contributed by atoms with Gasteiger partial charge in [0.1, 0.15) is 5.76 Å². The van der Waals surface area contributed by atoms with Gasteiger partial charge in [0.2, 0.25) is 0 Å². The third-order valence-corrected chi connectivity index (χ3v) is 4.07. The van der Waals surface area contributed by atoms with Gasteiger partial charge in [-0.15, -0.1) is 0 Å². The Balaban J connectivity index is 2.30. The monoisotopic (exact) mass is 306 g/mol. The molecule has 0 atom stereocenters. The van der Waals surface area contributed by atoms with Crippen LogP contribution >= 0.6 is 0 Å². The molecule has 1 nitrogen and oxygen atoms in total. The van der Waals surface area contributed by atoms with E-state index in [0.29, 0.717) is 5.76 Å². The molecule has 0 saturated carbocycles. The first kappa shape index (κ1) is 17.1. The van der Waals surface area contributed by atoms with Gasteiger partial charge < -0.3 is 5.11 Å². The average molecular weight is 306 g/mol. The van der Waals surface area contributed by atoms with Gasteiger partial charge in [0.05, 0.1) is 0 Å². The van der Waals surface area contributed by atoms with E-state index in [1.165, 1.54) is 11.1 Å². The molecule has 1 N–H and O–H groups in total. The lowest BCUT2D eigenvalue weighted by Crippen LogP contribution is -1.89. The van der Waals surface area contributed by atoms with Crippen molar-refractivity contribution in [1.29, 1.82) is 0 Å². The van der Waals surface area contributed by atoms with E-state index in [1.807, 2.05) is 18.2 Å². The fourth-order valence-corrected chi connectivity index (χ4v) is 2.55. The Morgan fingerprint density at radius 3 is 1.70 bits per heavy atom. The third kappa shape index (κ3) is 4.59. The first-order chi connectivity index (χ1) is 11.2. The van der Waals surface area contributed by atoms with Crippen molar-refractivity contribution in [3.05, 3.63) is 82.9 Å². The topological polar surface area (TPSA) is 20.2 Å². The summed E-state index contributed by atoms with van der Waals surface area (Å²) in [7, 11) is 0. The first-order valence-electron chi connectivity index (χ1n) is 8.47. The summed E-state index contributed by atoms with van der Waals surface area (Å²) in [6, 6.07) is 16.7. The smallest absolute Gasteiger partial charge is 0.123 e. The number of aliphatic hydroxyl groups excluding tert-OH is 1. The van der Waals surface area contributed by atoms with E-state index < -0.39 is 0 Å². The Morgan fingerprint density at radius 2 is 1.26 bits per heavy atom. The van der Waals surface area contributed by atoms with Crippen LogP contribution in [0.4, 0.5) is 0 Å². The summed E-state index contributed by atoms with van der Waals surface area (Å²) < 4.78 is 0. The van der Waals surface area contributed by atoms with Crippen LogP contribution in [0.15, 0.2) is 60.7 Å². The molecule has 0 radical (unpaired) electrons. The van der Waals surface area contributed by atoms with Crippen LogP contribution in [-0.2, 0) is 12.8 Å². The average Bonchev–Trinajstić information content (AvgIpc) is 2.61. The van der Waals surface area contributed by atoms with Crippen molar-refractivity contribution in [1.82, 2.24) is 0 Å². The molecule has 2 rings (SSSR count). The van der Waals surface area contributed by atoms with Crippen molar-refractivity contribution < 1.29 is 5.11 Å². The summed E-state index contributed by atoms with van der Waals surface area (Å²) in [5.74, 6) is 0.312. The van der Waals surface area contributed by atoms with Crippen molar-refractivity contribution in [3.8, 4) is 0 Å². The van der Waals surface area contributed by atoms with Gasteiger partial charge in [-0.05, 0) is 47.6 Å². The van der Waals surface area contributed by atoms with Crippen molar-refractivity contribution in [2.45, 2.75) is 40.0 Å². The predicted octanol–water partition coefficient (Wildman–Crippen LogP) is 6.20. The molecular weight excluding hydrogens is 280 g/mol. The molecule has 0 saturated heterocycles. The fourth-order valence-electron chi connectivity index (χ4n) is 2.55.